The number of hydrogen-bond acceptors (Lipinski definition) is 4. The van der Waals surface area contributed by atoms with Crippen LogP contribution in [0.5, 0.6) is 5.75 Å². The van der Waals surface area contributed by atoms with Crippen molar-refractivity contribution in [2.24, 2.45) is 0 Å². The predicted octanol–water partition coefficient (Wildman–Crippen LogP) is 2.78. The Morgan fingerprint density at radius 2 is 1.79 bits per heavy atom. The van der Waals surface area contributed by atoms with E-state index in [1.807, 2.05) is 30.3 Å². The topological polar surface area (TPSA) is 36.0 Å². The van der Waals surface area contributed by atoms with Gasteiger partial charge in [0.15, 0.2) is 0 Å². The second-order valence-corrected chi connectivity index (χ2v) is 7.31. The summed E-state index contributed by atoms with van der Waals surface area (Å²) in [6.07, 6.45) is 0. The smallest absolute Gasteiger partial charge is 0.244 e. The lowest BCUT2D eigenvalue weighted by Gasteiger charge is -2.39. The van der Waals surface area contributed by atoms with E-state index >= 15 is 0 Å². The first-order valence-electron chi connectivity index (χ1n) is 9.54. The zero-order chi connectivity index (χ0) is 20.1. The van der Waals surface area contributed by atoms with Gasteiger partial charge in [-0.05, 0) is 23.8 Å². The predicted molar refractivity (Wildman–Crippen MR) is 108 cm³/mol. The number of likely N-dealkylation sites (N-methyl/N-ethyl adjacent to an activating group) is 1. The van der Waals surface area contributed by atoms with Gasteiger partial charge in [-0.15, -0.1) is 0 Å². The Kier molecular flexibility index (Phi) is 6.65. The van der Waals surface area contributed by atoms with Gasteiger partial charge in [0.25, 0.3) is 0 Å². The number of piperazine rings is 1. The summed E-state index contributed by atoms with van der Waals surface area (Å²) in [5, 5.41) is 0. The van der Waals surface area contributed by atoms with Crippen molar-refractivity contribution in [1.29, 1.82) is 0 Å². The second kappa shape index (κ2) is 9.17. The van der Waals surface area contributed by atoms with Crippen molar-refractivity contribution in [3.05, 3.63) is 65.5 Å². The summed E-state index contributed by atoms with van der Waals surface area (Å²) in [5.41, 5.74) is 1.86. The van der Waals surface area contributed by atoms with Crippen LogP contribution in [0.4, 0.5) is 4.39 Å². The molecule has 0 radical (unpaired) electrons. The lowest BCUT2D eigenvalue weighted by Crippen LogP contribution is -2.50. The summed E-state index contributed by atoms with van der Waals surface area (Å²) in [7, 11) is 5.20. The second-order valence-electron chi connectivity index (χ2n) is 7.31. The van der Waals surface area contributed by atoms with Crippen molar-refractivity contribution < 1.29 is 13.9 Å². The molecule has 1 atom stereocenters. The fourth-order valence-corrected chi connectivity index (χ4v) is 3.68. The van der Waals surface area contributed by atoms with E-state index in [0.717, 1.165) is 37.3 Å². The van der Waals surface area contributed by atoms with Crippen molar-refractivity contribution in [2.75, 3.05) is 47.4 Å². The van der Waals surface area contributed by atoms with E-state index in [1.165, 1.54) is 12.1 Å². The maximum atomic E-state index is 13.6. The molecule has 2 aromatic rings. The van der Waals surface area contributed by atoms with E-state index in [4.69, 9.17) is 4.74 Å². The molecule has 1 fully saturated rings. The summed E-state index contributed by atoms with van der Waals surface area (Å²) in [6.45, 7) is 3.80. The van der Waals surface area contributed by atoms with Gasteiger partial charge in [0, 0.05) is 52.4 Å². The molecule has 0 aliphatic carbocycles. The van der Waals surface area contributed by atoms with Gasteiger partial charge in [0.1, 0.15) is 17.6 Å². The molecule has 1 aliphatic rings. The van der Waals surface area contributed by atoms with Crippen LogP contribution in [0, 0.1) is 5.82 Å². The molecule has 1 aliphatic heterocycles. The molecule has 0 bridgehead atoms. The minimum Gasteiger partial charge on any atom is -0.496 e. The number of nitrogens with zero attached hydrogens (tertiary/aromatic N) is 3. The summed E-state index contributed by atoms with van der Waals surface area (Å²) in [6, 6.07) is 14.3. The zero-order valence-corrected chi connectivity index (χ0v) is 16.8. The highest BCUT2D eigenvalue weighted by atomic mass is 19.1. The van der Waals surface area contributed by atoms with Gasteiger partial charge < -0.3 is 9.64 Å². The number of rotatable bonds is 6. The number of carbonyl (C=O) groups is 1. The number of amides is 1. The third-order valence-corrected chi connectivity index (χ3v) is 5.20. The molecule has 28 heavy (non-hydrogen) atoms. The highest BCUT2D eigenvalue weighted by molar-refractivity contribution is 5.82. The molecule has 0 unspecified atom stereocenters. The normalized spacial score (nSPS) is 16.6. The van der Waals surface area contributed by atoms with Crippen LogP contribution in [0.1, 0.15) is 17.2 Å². The molecule has 0 saturated carbocycles. The molecule has 6 heteroatoms. The van der Waals surface area contributed by atoms with Gasteiger partial charge >= 0.3 is 0 Å². The first kappa shape index (κ1) is 20.3. The highest BCUT2D eigenvalue weighted by Gasteiger charge is 2.31. The summed E-state index contributed by atoms with van der Waals surface area (Å²) in [4.78, 5) is 19.0. The van der Waals surface area contributed by atoms with Gasteiger partial charge in [0.2, 0.25) is 5.91 Å². The molecule has 2 aromatic carbocycles. The SMILES string of the molecule is COc1ccc(F)cc1CN1CCN([C@H](C(=O)N(C)C)c2ccccc2)CC1. The number of halogens is 1. The number of benzene rings is 2. The molecule has 1 saturated heterocycles. The number of methoxy groups -OCH3 is 1. The van der Waals surface area contributed by atoms with Gasteiger partial charge in [-0.1, -0.05) is 30.3 Å². The van der Waals surface area contributed by atoms with Crippen LogP contribution < -0.4 is 4.74 Å². The monoisotopic (exact) mass is 385 g/mol. The van der Waals surface area contributed by atoms with Crippen LogP contribution in [0.2, 0.25) is 0 Å². The third-order valence-electron chi connectivity index (χ3n) is 5.20. The van der Waals surface area contributed by atoms with E-state index in [2.05, 4.69) is 9.80 Å². The van der Waals surface area contributed by atoms with Crippen molar-refractivity contribution in [3.8, 4) is 5.75 Å². The van der Waals surface area contributed by atoms with E-state index in [9.17, 15) is 9.18 Å². The van der Waals surface area contributed by atoms with Crippen LogP contribution >= 0.6 is 0 Å². The molecule has 3 rings (SSSR count). The fourth-order valence-electron chi connectivity index (χ4n) is 3.68. The summed E-state index contributed by atoms with van der Waals surface area (Å²) in [5.74, 6) is 0.537. The van der Waals surface area contributed by atoms with E-state index in [-0.39, 0.29) is 17.8 Å². The van der Waals surface area contributed by atoms with E-state index in [1.54, 1.807) is 32.2 Å². The number of hydrogen-bond donors (Lipinski definition) is 0. The molecular weight excluding hydrogens is 357 g/mol. The lowest BCUT2D eigenvalue weighted by atomic mass is 10.0. The molecule has 0 spiro atoms. The average molecular weight is 385 g/mol. The zero-order valence-electron chi connectivity index (χ0n) is 16.8. The molecule has 1 heterocycles. The molecule has 5 nitrogen and oxygen atoms in total. The van der Waals surface area contributed by atoms with E-state index in [0.29, 0.717) is 12.3 Å². The van der Waals surface area contributed by atoms with Crippen LogP contribution in [-0.2, 0) is 11.3 Å². The van der Waals surface area contributed by atoms with Crippen LogP contribution in [-0.4, -0.2) is 68.0 Å². The minimum atomic E-state index is -0.276. The number of carbonyl (C=O) groups excluding carboxylic acids is 1. The summed E-state index contributed by atoms with van der Waals surface area (Å²) < 4.78 is 19.0. The van der Waals surface area contributed by atoms with Gasteiger partial charge in [0.05, 0.1) is 7.11 Å². The number of ether oxygens (including phenoxy) is 1. The minimum absolute atomic E-state index is 0.0893. The fraction of sp³-hybridized carbons (Fsp3) is 0.409. The highest BCUT2D eigenvalue weighted by Crippen LogP contribution is 2.26. The molecule has 0 aromatic heterocycles. The van der Waals surface area contributed by atoms with Crippen molar-refractivity contribution in [2.45, 2.75) is 12.6 Å². The maximum Gasteiger partial charge on any atom is 0.244 e. The quantitative estimate of drug-likeness (QED) is 0.766. The van der Waals surface area contributed by atoms with Crippen LogP contribution in [0.25, 0.3) is 0 Å². The van der Waals surface area contributed by atoms with Crippen molar-refractivity contribution in [1.82, 2.24) is 14.7 Å². The summed E-state index contributed by atoms with van der Waals surface area (Å²) >= 11 is 0. The largest absolute Gasteiger partial charge is 0.496 e. The Hall–Kier alpha value is -2.44. The molecule has 1 amide bonds. The molecular formula is C22H28FN3O2. The third kappa shape index (κ3) is 4.69. The van der Waals surface area contributed by atoms with Crippen LogP contribution in [0.3, 0.4) is 0 Å². The lowest BCUT2D eigenvalue weighted by molar-refractivity contribution is -0.135. The van der Waals surface area contributed by atoms with Crippen molar-refractivity contribution >= 4 is 5.91 Å². The first-order chi connectivity index (χ1) is 13.5. The Balaban J connectivity index is 1.69. The first-order valence-corrected chi connectivity index (χ1v) is 9.54. The van der Waals surface area contributed by atoms with Crippen LogP contribution in [0.15, 0.2) is 48.5 Å². The maximum absolute atomic E-state index is 13.6. The Labute approximate surface area is 166 Å². The van der Waals surface area contributed by atoms with Crippen molar-refractivity contribution in [3.63, 3.8) is 0 Å². The Morgan fingerprint density at radius 1 is 1.11 bits per heavy atom. The average Bonchev–Trinajstić information content (AvgIpc) is 2.70. The molecule has 150 valence electrons. The standard InChI is InChI=1S/C22H28FN3O2/c1-24(2)22(27)21(17-7-5-4-6-8-17)26-13-11-25(12-14-26)16-18-15-19(23)9-10-20(18)28-3/h4-10,15,21H,11-14,16H2,1-3H3/t21-/m0/s1. The van der Waals surface area contributed by atoms with Gasteiger partial charge in [-0.2, -0.15) is 0 Å². The van der Waals surface area contributed by atoms with Gasteiger partial charge in [-0.3, -0.25) is 14.6 Å². The Bertz CT molecular complexity index is 790. The van der Waals surface area contributed by atoms with Gasteiger partial charge in [-0.25, -0.2) is 4.39 Å². The Morgan fingerprint density at radius 3 is 2.39 bits per heavy atom. The van der Waals surface area contributed by atoms with E-state index < -0.39 is 0 Å². The molecule has 0 N–H and O–H groups in total.